The van der Waals surface area contributed by atoms with Crippen molar-refractivity contribution in [2.75, 3.05) is 13.2 Å². The number of hydrogen-bond donors (Lipinski definition) is 1. The van der Waals surface area contributed by atoms with Gasteiger partial charge in [0.1, 0.15) is 5.82 Å². The number of hydrogen-bond acceptors (Lipinski definition) is 2. The lowest BCUT2D eigenvalue weighted by Crippen LogP contribution is -2.31. The molecule has 0 fully saturated rings. The molecule has 3 rings (SSSR count). The molecule has 21 heavy (non-hydrogen) atoms. The zero-order valence-corrected chi connectivity index (χ0v) is 12.2. The molecule has 0 aliphatic carbocycles. The molecule has 2 nitrogen and oxygen atoms in total. The number of rotatable bonds is 4. The molecule has 0 saturated heterocycles. The number of aryl methyl sites for hydroxylation is 1. The topological polar surface area (TPSA) is 21.3 Å². The van der Waals surface area contributed by atoms with E-state index in [1.807, 2.05) is 19.1 Å². The highest BCUT2D eigenvalue weighted by atomic mass is 19.1. The van der Waals surface area contributed by atoms with Crippen molar-refractivity contribution < 1.29 is 9.13 Å². The normalized spacial score (nSPS) is 17.5. The summed E-state index contributed by atoms with van der Waals surface area (Å²) >= 11 is 0. The first-order valence-corrected chi connectivity index (χ1v) is 7.38. The summed E-state index contributed by atoms with van der Waals surface area (Å²) in [6.07, 6.45) is 0.894. The molecule has 1 aliphatic heterocycles. The lowest BCUT2D eigenvalue weighted by Gasteiger charge is -2.26. The van der Waals surface area contributed by atoms with E-state index in [-0.39, 0.29) is 11.9 Å². The van der Waals surface area contributed by atoms with Gasteiger partial charge in [-0.05, 0) is 54.3 Å². The van der Waals surface area contributed by atoms with Gasteiger partial charge in [-0.1, -0.05) is 30.3 Å². The zero-order chi connectivity index (χ0) is 14.7. The molecule has 2 aromatic rings. The minimum atomic E-state index is -0.168. The van der Waals surface area contributed by atoms with Crippen LogP contribution in [0.5, 0.6) is 0 Å². The van der Waals surface area contributed by atoms with Crippen LogP contribution in [0.1, 0.15) is 28.3 Å². The summed E-state index contributed by atoms with van der Waals surface area (Å²) in [7, 11) is 0. The fraction of sp³-hybridized carbons (Fsp3) is 0.333. The first-order chi connectivity index (χ1) is 10.2. The van der Waals surface area contributed by atoms with Crippen LogP contribution in [-0.2, 0) is 17.8 Å². The van der Waals surface area contributed by atoms with Gasteiger partial charge in [-0.15, -0.1) is 0 Å². The van der Waals surface area contributed by atoms with Crippen LogP contribution in [0, 0.1) is 12.7 Å². The molecule has 110 valence electrons. The molecule has 0 spiro atoms. The molecule has 1 unspecified atom stereocenters. The third-order valence-corrected chi connectivity index (χ3v) is 4.06. The summed E-state index contributed by atoms with van der Waals surface area (Å²) in [4.78, 5) is 0. The zero-order valence-electron chi connectivity index (χ0n) is 12.2. The van der Waals surface area contributed by atoms with Crippen LogP contribution in [-0.4, -0.2) is 13.2 Å². The van der Waals surface area contributed by atoms with Crippen molar-refractivity contribution in [1.29, 1.82) is 0 Å². The molecule has 1 N–H and O–H groups in total. The Morgan fingerprint density at radius 1 is 1.24 bits per heavy atom. The largest absolute Gasteiger partial charge is 0.375 e. The second-order valence-corrected chi connectivity index (χ2v) is 5.54. The fourth-order valence-electron chi connectivity index (χ4n) is 2.87. The molecule has 3 heteroatoms. The molecule has 1 atom stereocenters. The van der Waals surface area contributed by atoms with Crippen LogP contribution in [0.15, 0.2) is 42.5 Å². The maximum absolute atomic E-state index is 13.1. The van der Waals surface area contributed by atoms with Crippen molar-refractivity contribution >= 4 is 0 Å². The maximum Gasteiger partial charge on any atom is 0.123 e. The Morgan fingerprint density at radius 2 is 2.10 bits per heavy atom. The third kappa shape index (κ3) is 3.31. The predicted molar refractivity (Wildman–Crippen MR) is 81.7 cm³/mol. The standard InChI is InChI=1S/C18H20FNO/c1-13-10-16(19)7-6-14(13)8-9-20-18-12-21-11-15-4-2-3-5-17(15)18/h2-7,10,18,20H,8-9,11-12H2,1H3. The highest BCUT2D eigenvalue weighted by Crippen LogP contribution is 2.24. The van der Waals surface area contributed by atoms with Crippen molar-refractivity contribution in [2.24, 2.45) is 0 Å². The van der Waals surface area contributed by atoms with Gasteiger partial charge < -0.3 is 10.1 Å². The smallest absolute Gasteiger partial charge is 0.123 e. The summed E-state index contributed by atoms with van der Waals surface area (Å²) in [5.41, 5.74) is 4.80. The van der Waals surface area contributed by atoms with Crippen molar-refractivity contribution in [1.82, 2.24) is 5.32 Å². The Morgan fingerprint density at radius 3 is 2.95 bits per heavy atom. The molecule has 0 saturated carbocycles. The van der Waals surface area contributed by atoms with Crippen LogP contribution in [0.25, 0.3) is 0 Å². The van der Waals surface area contributed by atoms with Crippen molar-refractivity contribution in [3.63, 3.8) is 0 Å². The molecule has 2 aromatic carbocycles. The van der Waals surface area contributed by atoms with Gasteiger partial charge in [0.15, 0.2) is 0 Å². The maximum atomic E-state index is 13.1. The predicted octanol–water partition coefficient (Wildman–Crippen LogP) is 3.54. The van der Waals surface area contributed by atoms with Gasteiger partial charge in [0, 0.05) is 0 Å². The molecular formula is C18H20FNO. The van der Waals surface area contributed by atoms with E-state index in [0.29, 0.717) is 13.2 Å². The summed E-state index contributed by atoms with van der Waals surface area (Å²) in [6, 6.07) is 13.6. The second-order valence-electron chi connectivity index (χ2n) is 5.54. The minimum Gasteiger partial charge on any atom is -0.375 e. The van der Waals surface area contributed by atoms with E-state index in [0.717, 1.165) is 18.5 Å². The van der Waals surface area contributed by atoms with Crippen LogP contribution < -0.4 is 5.32 Å². The molecule has 1 heterocycles. The average Bonchev–Trinajstić information content (AvgIpc) is 2.50. The van der Waals surface area contributed by atoms with E-state index >= 15 is 0 Å². The van der Waals surface area contributed by atoms with Gasteiger partial charge in [-0.3, -0.25) is 0 Å². The minimum absolute atomic E-state index is 0.168. The van der Waals surface area contributed by atoms with Gasteiger partial charge in [-0.25, -0.2) is 4.39 Å². The highest BCUT2D eigenvalue weighted by Gasteiger charge is 2.19. The van der Waals surface area contributed by atoms with Gasteiger partial charge in [-0.2, -0.15) is 0 Å². The second kappa shape index (κ2) is 6.37. The van der Waals surface area contributed by atoms with Crippen molar-refractivity contribution in [3.05, 3.63) is 70.5 Å². The van der Waals surface area contributed by atoms with Crippen LogP contribution in [0.4, 0.5) is 4.39 Å². The quantitative estimate of drug-likeness (QED) is 0.927. The number of nitrogens with one attached hydrogen (secondary N) is 1. The number of halogens is 1. The lowest BCUT2D eigenvalue weighted by atomic mass is 9.98. The summed E-state index contributed by atoms with van der Waals surface area (Å²) in [5.74, 6) is -0.168. The SMILES string of the molecule is Cc1cc(F)ccc1CCNC1COCc2ccccc21. The lowest BCUT2D eigenvalue weighted by molar-refractivity contribution is 0.0824. The summed E-state index contributed by atoms with van der Waals surface area (Å²) in [5, 5.41) is 3.55. The molecule has 0 bridgehead atoms. The highest BCUT2D eigenvalue weighted by molar-refractivity contribution is 5.31. The van der Waals surface area contributed by atoms with Gasteiger partial charge >= 0.3 is 0 Å². The van der Waals surface area contributed by atoms with Gasteiger partial charge in [0.25, 0.3) is 0 Å². The Kier molecular flexibility index (Phi) is 4.32. The van der Waals surface area contributed by atoms with Crippen molar-refractivity contribution in [2.45, 2.75) is 26.0 Å². The molecule has 0 radical (unpaired) electrons. The summed E-state index contributed by atoms with van der Waals surface area (Å²) < 4.78 is 18.7. The third-order valence-electron chi connectivity index (χ3n) is 4.06. The van der Waals surface area contributed by atoms with E-state index in [2.05, 4.69) is 23.5 Å². The van der Waals surface area contributed by atoms with Gasteiger partial charge in [0.2, 0.25) is 0 Å². The van der Waals surface area contributed by atoms with E-state index in [1.165, 1.54) is 22.8 Å². The van der Waals surface area contributed by atoms with Crippen LogP contribution >= 0.6 is 0 Å². The van der Waals surface area contributed by atoms with E-state index < -0.39 is 0 Å². The number of ether oxygens (including phenoxy) is 1. The number of fused-ring (bicyclic) bond motifs is 1. The van der Waals surface area contributed by atoms with Crippen molar-refractivity contribution in [3.8, 4) is 0 Å². The van der Waals surface area contributed by atoms with E-state index in [9.17, 15) is 4.39 Å². The Hall–Kier alpha value is -1.71. The molecule has 0 aromatic heterocycles. The van der Waals surface area contributed by atoms with Crippen LogP contribution in [0.3, 0.4) is 0 Å². The van der Waals surface area contributed by atoms with E-state index in [4.69, 9.17) is 4.74 Å². The fourth-order valence-corrected chi connectivity index (χ4v) is 2.87. The van der Waals surface area contributed by atoms with Gasteiger partial charge in [0.05, 0.1) is 19.3 Å². The first kappa shape index (κ1) is 14.2. The molecular weight excluding hydrogens is 265 g/mol. The summed E-state index contributed by atoms with van der Waals surface area (Å²) in [6.45, 7) is 4.22. The Bertz CT molecular complexity index is 626. The van der Waals surface area contributed by atoms with E-state index in [1.54, 1.807) is 6.07 Å². The molecule has 0 amide bonds. The number of benzene rings is 2. The molecule has 1 aliphatic rings. The Labute approximate surface area is 125 Å². The average molecular weight is 285 g/mol. The Balaban J connectivity index is 1.61. The van der Waals surface area contributed by atoms with Crippen LogP contribution in [0.2, 0.25) is 0 Å². The first-order valence-electron chi connectivity index (χ1n) is 7.38. The monoisotopic (exact) mass is 285 g/mol.